The van der Waals surface area contributed by atoms with Gasteiger partial charge in [-0.1, -0.05) is 13.8 Å². The highest BCUT2D eigenvalue weighted by Crippen LogP contribution is 2.26. The van der Waals surface area contributed by atoms with Gasteiger partial charge in [0, 0.05) is 31.9 Å². The van der Waals surface area contributed by atoms with E-state index in [1.165, 1.54) is 17.3 Å². The van der Waals surface area contributed by atoms with Crippen LogP contribution in [0, 0.1) is 5.92 Å². The summed E-state index contributed by atoms with van der Waals surface area (Å²) >= 11 is 0. The predicted octanol–water partition coefficient (Wildman–Crippen LogP) is 2.09. The number of amides is 1. The van der Waals surface area contributed by atoms with Gasteiger partial charge in [-0.2, -0.15) is 0 Å². The van der Waals surface area contributed by atoms with Crippen LogP contribution < -0.4 is 4.74 Å². The topological polar surface area (TPSA) is 71.1 Å². The van der Waals surface area contributed by atoms with E-state index in [2.05, 4.69) is 28.8 Å². The lowest BCUT2D eigenvalue weighted by Gasteiger charge is -2.08. The van der Waals surface area contributed by atoms with Gasteiger partial charge in [0.1, 0.15) is 12.0 Å². The Hall–Kier alpha value is -2.37. The molecule has 0 aliphatic rings. The number of likely N-dealkylation sites (N-methyl/N-ethyl adjacent to an activating group) is 1. The summed E-state index contributed by atoms with van der Waals surface area (Å²) in [6.45, 7) is 4.73. The van der Waals surface area contributed by atoms with E-state index >= 15 is 0 Å². The lowest BCUT2D eigenvalue weighted by molar-refractivity contribution is -0.123. The normalized spacial score (nSPS) is 11.5. The van der Waals surface area contributed by atoms with Gasteiger partial charge in [0.2, 0.25) is 11.8 Å². The van der Waals surface area contributed by atoms with Gasteiger partial charge in [-0.25, -0.2) is 9.97 Å². The van der Waals surface area contributed by atoms with Gasteiger partial charge in [-0.15, -0.1) is 0 Å². The molecule has 0 aliphatic heterocycles. The average molecular weight is 288 g/mol. The van der Waals surface area contributed by atoms with Gasteiger partial charge in [0.15, 0.2) is 0 Å². The SMILES string of the molecule is CC(C)COc1ncnc2[nH]cc(C=CC(=O)N(C)C)c12. The minimum Gasteiger partial charge on any atom is -0.477 e. The Labute approximate surface area is 123 Å². The zero-order valence-electron chi connectivity index (χ0n) is 12.8. The maximum atomic E-state index is 11.6. The van der Waals surface area contributed by atoms with Crippen LogP contribution in [0.1, 0.15) is 19.4 Å². The van der Waals surface area contributed by atoms with Crippen molar-refractivity contribution in [2.45, 2.75) is 13.8 Å². The second-order valence-corrected chi connectivity index (χ2v) is 5.42. The molecule has 0 bridgehead atoms. The second-order valence-electron chi connectivity index (χ2n) is 5.42. The van der Waals surface area contributed by atoms with E-state index in [-0.39, 0.29) is 5.91 Å². The summed E-state index contributed by atoms with van der Waals surface area (Å²) in [5.41, 5.74) is 1.53. The van der Waals surface area contributed by atoms with E-state index < -0.39 is 0 Å². The number of rotatable bonds is 5. The smallest absolute Gasteiger partial charge is 0.246 e. The molecule has 0 aromatic carbocycles. The van der Waals surface area contributed by atoms with Crippen LogP contribution in [0.3, 0.4) is 0 Å². The van der Waals surface area contributed by atoms with Crippen LogP contribution in [0.2, 0.25) is 0 Å². The highest BCUT2D eigenvalue weighted by Gasteiger charge is 2.11. The molecule has 0 radical (unpaired) electrons. The fourth-order valence-corrected chi connectivity index (χ4v) is 1.75. The van der Waals surface area contributed by atoms with E-state index in [4.69, 9.17) is 4.74 Å². The lowest BCUT2D eigenvalue weighted by Crippen LogP contribution is -2.18. The summed E-state index contributed by atoms with van der Waals surface area (Å²) in [7, 11) is 3.42. The van der Waals surface area contributed by atoms with Crippen LogP contribution >= 0.6 is 0 Å². The first-order valence-electron chi connectivity index (χ1n) is 6.83. The van der Waals surface area contributed by atoms with Gasteiger partial charge >= 0.3 is 0 Å². The molecule has 6 heteroatoms. The van der Waals surface area contributed by atoms with E-state index in [9.17, 15) is 4.79 Å². The van der Waals surface area contributed by atoms with Crippen molar-refractivity contribution in [1.82, 2.24) is 19.9 Å². The van der Waals surface area contributed by atoms with Crippen molar-refractivity contribution in [3.63, 3.8) is 0 Å². The van der Waals surface area contributed by atoms with Crippen LogP contribution in [-0.2, 0) is 4.79 Å². The van der Waals surface area contributed by atoms with E-state index in [1.807, 2.05) is 0 Å². The second kappa shape index (κ2) is 6.39. The van der Waals surface area contributed by atoms with E-state index in [1.54, 1.807) is 26.4 Å². The number of carbonyl (C=O) groups excluding carboxylic acids is 1. The monoisotopic (exact) mass is 288 g/mol. The molecule has 2 aromatic heterocycles. The Morgan fingerprint density at radius 3 is 2.86 bits per heavy atom. The maximum Gasteiger partial charge on any atom is 0.246 e. The van der Waals surface area contributed by atoms with Crippen LogP contribution in [0.4, 0.5) is 0 Å². The molecular formula is C15H20N4O2. The molecule has 2 aromatic rings. The molecule has 0 saturated heterocycles. The van der Waals surface area contributed by atoms with Crippen LogP contribution in [0.5, 0.6) is 5.88 Å². The quantitative estimate of drug-likeness (QED) is 0.855. The Morgan fingerprint density at radius 1 is 1.43 bits per heavy atom. The van der Waals surface area contributed by atoms with Crippen molar-refractivity contribution in [2.24, 2.45) is 5.92 Å². The number of hydrogen-bond acceptors (Lipinski definition) is 4. The highest BCUT2D eigenvalue weighted by molar-refractivity contribution is 5.96. The van der Waals surface area contributed by atoms with Crippen molar-refractivity contribution in [3.8, 4) is 5.88 Å². The molecule has 0 saturated carbocycles. The molecule has 112 valence electrons. The molecule has 21 heavy (non-hydrogen) atoms. The first-order valence-corrected chi connectivity index (χ1v) is 6.83. The molecule has 2 rings (SSSR count). The van der Waals surface area contributed by atoms with Crippen molar-refractivity contribution in [2.75, 3.05) is 20.7 Å². The number of nitrogens with zero attached hydrogens (tertiary/aromatic N) is 3. The van der Waals surface area contributed by atoms with Gasteiger partial charge in [-0.3, -0.25) is 4.79 Å². The average Bonchev–Trinajstić information content (AvgIpc) is 2.86. The van der Waals surface area contributed by atoms with E-state index in [0.29, 0.717) is 24.1 Å². The number of aromatic amines is 1. The van der Waals surface area contributed by atoms with Crippen molar-refractivity contribution in [3.05, 3.63) is 24.2 Å². The van der Waals surface area contributed by atoms with Gasteiger partial charge in [0.25, 0.3) is 0 Å². The maximum absolute atomic E-state index is 11.6. The molecule has 2 heterocycles. The number of nitrogens with one attached hydrogen (secondary N) is 1. The number of aromatic nitrogens is 3. The first-order chi connectivity index (χ1) is 9.99. The lowest BCUT2D eigenvalue weighted by atomic mass is 10.2. The third kappa shape index (κ3) is 3.59. The number of ether oxygens (including phenoxy) is 1. The molecule has 1 amide bonds. The largest absolute Gasteiger partial charge is 0.477 e. The summed E-state index contributed by atoms with van der Waals surface area (Å²) in [4.78, 5) is 24.6. The molecule has 0 spiro atoms. The van der Waals surface area contributed by atoms with Gasteiger partial charge in [-0.05, 0) is 12.0 Å². The number of carbonyl (C=O) groups is 1. The first kappa shape index (κ1) is 15.0. The molecule has 0 unspecified atom stereocenters. The third-order valence-corrected chi connectivity index (χ3v) is 2.87. The summed E-state index contributed by atoms with van der Waals surface area (Å²) in [6, 6.07) is 0. The fraction of sp³-hybridized carbons (Fsp3) is 0.400. The van der Waals surface area contributed by atoms with Crippen LogP contribution in [-0.4, -0.2) is 46.5 Å². The molecule has 0 fully saturated rings. The van der Waals surface area contributed by atoms with E-state index in [0.717, 1.165) is 10.9 Å². The standard InChI is InChI=1S/C15H20N4O2/c1-10(2)8-21-15-13-11(5-6-12(20)19(3)4)7-16-14(13)17-9-18-15/h5-7,9-10H,8H2,1-4H3,(H,16,17,18). The minimum atomic E-state index is -0.0779. The Bertz CT molecular complexity index is 659. The zero-order valence-corrected chi connectivity index (χ0v) is 12.8. The fourth-order valence-electron chi connectivity index (χ4n) is 1.75. The van der Waals surface area contributed by atoms with Crippen LogP contribution in [0.15, 0.2) is 18.6 Å². The molecular weight excluding hydrogens is 268 g/mol. The number of hydrogen-bond donors (Lipinski definition) is 1. The summed E-state index contributed by atoms with van der Waals surface area (Å²) in [5, 5.41) is 0.793. The van der Waals surface area contributed by atoms with Crippen molar-refractivity contribution >= 4 is 23.0 Å². The summed E-state index contributed by atoms with van der Waals surface area (Å²) < 4.78 is 5.73. The summed E-state index contributed by atoms with van der Waals surface area (Å²) in [5.74, 6) is 0.862. The Kier molecular flexibility index (Phi) is 4.57. The number of fused-ring (bicyclic) bond motifs is 1. The van der Waals surface area contributed by atoms with Gasteiger partial charge in [0.05, 0.1) is 12.0 Å². The predicted molar refractivity (Wildman–Crippen MR) is 81.9 cm³/mol. The minimum absolute atomic E-state index is 0.0779. The highest BCUT2D eigenvalue weighted by atomic mass is 16.5. The zero-order chi connectivity index (χ0) is 15.4. The van der Waals surface area contributed by atoms with Gasteiger partial charge < -0.3 is 14.6 Å². The molecule has 1 N–H and O–H groups in total. The Balaban J connectivity index is 2.34. The molecule has 6 nitrogen and oxygen atoms in total. The molecule has 0 atom stereocenters. The number of H-pyrrole nitrogens is 1. The summed E-state index contributed by atoms with van der Waals surface area (Å²) in [6.07, 6.45) is 6.52. The van der Waals surface area contributed by atoms with Crippen molar-refractivity contribution < 1.29 is 9.53 Å². The van der Waals surface area contributed by atoms with Crippen LogP contribution in [0.25, 0.3) is 17.1 Å². The third-order valence-electron chi connectivity index (χ3n) is 2.87. The molecule has 0 aliphatic carbocycles. The Morgan fingerprint density at radius 2 is 2.19 bits per heavy atom. The van der Waals surface area contributed by atoms with Crippen molar-refractivity contribution in [1.29, 1.82) is 0 Å².